The molecule has 12 N–H and O–H groups in total. The van der Waals surface area contributed by atoms with Crippen LogP contribution in [0.3, 0.4) is 0 Å². The normalized spacial score (nSPS) is 26.0. The molecule has 3 aliphatic heterocycles. The van der Waals surface area contributed by atoms with E-state index < -0.39 is 124 Å². The van der Waals surface area contributed by atoms with Gasteiger partial charge in [0.1, 0.15) is 73.2 Å². The molecule has 616 valence electrons. The lowest BCUT2D eigenvalue weighted by Crippen LogP contribution is -2.66. The van der Waals surface area contributed by atoms with E-state index in [9.17, 15) is 61.0 Å². The predicted octanol–water partition coefficient (Wildman–Crippen LogP) is 15.6. The van der Waals surface area contributed by atoms with E-state index in [0.29, 0.717) is 6.42 Å². The highest BCUT2D eigenvalue weighted by Gasteiger charge is 2.54. The zero-order valence-electron chi connectivity index (χ0n) is 66.2. The van der Waals surface area contributed by atoms with Crippen LogP contribution in [0.5, 0.6) is 0 Å². The number of nitrogens with one attached hydrogen (secondary N) is 1. The first-order valence-corrected chi connectivity index (χ1v) is 43.4. The third kappa shape index (κ3) is 45.8. The van der Waals surface area contributed by atoms with Gasteiger partial charge in [-0.15, -0.1) is 0 Å². The van der Waals surface area contributed by atoms with Crippen LogP contribution in [0.4, 0.5) is 0 Å². The van der Waals surface area contributed by atoms with Crippen LogP contribution in [0.25, 0.3) is 0 Å². The van der Waals surface area contributed by atoms with Crippen LogP contribution in [0.2, 0.25) is 0 Å². The van der Waals surface area contributed by atoms with E-state index in [-0.39, 0.29) is 18.9 Å². The average molecular weight is 1500 g/mol. The highest BCUT2D eigenvalue weighted by molar-refractivity contribution is 5.76. The zero-order valence-corrected chi connectivity index (χ0v) is 66.2. The minimum Gasteiger partial charge on any atom is -0.394 e. The van der Waals surface area contributed by atoms with Gasteiger partial charge in [-0.05, 0) is 57.8 Å². The second kappa shape index (κ2) is 66.4. The van der Waals surface area contributed by atoms with Crippen molar-refractivity contribution in [2.75, 3.05) is 26.4 Å². The number of ether oxygens (including phenoxy) is 6. The maximum absolute atomic E-state index is 13.5. The molecule has 105 heavy (non-hydrogen) atoms. The van der Waals surface area contributed by atoms with Crippen LogP contribution in [-0.2, 0) is 33.2 Å². The summed E-state index contributed by atoms with van der Waals surface area (Å²) >= 11 is 0. The fourth-order valence-electron chi connectivity index (χ4n) is 14.7. The monoisotopic (exact) mass is 1490 g/mol. The lowest BCUT2D eigenvalue weighted by atomic mass is 9.96. The number of carbonyl (C=O) groups is 1. The molecule has 3 saturated heterocycles. The molecule has 0 aromatic rings. The Morgan fingerprint density at radius 1 is 0.343 bits per heavy atom. The summed E-state index contributed by atoms with van der Waals surface area (Å²) in [6.07, 6.45) is 58.3. The largest absolute Gasteiger partial charge is 0.394 e. The lowest BCUT2D eigenvalue weighted by Gasteiger charge is -2.48. The molecule has 0 aliphatic carbocycles. The topological polar surface area (TPSA) is 307 Å². The first-order chi connectivity index (χ1) is 51.3. The Hall–Kier alpha value is -2.25. The summed E-state index contributed by atoms with van der Waals surface area (Å²) in [4.78, 5) is 13.5. The van der Waals surface area contributed by atoms with Crippen LogP contribution in [0, 0.1) is 0 Å². The molecule has 19 nitrogen and oxygen atoms in total. The molecule has 0 aromatic carbocycles. The van der Waals surface area contributed by atoms with Crippen molar-refractivity contribution in [1.82, 2.24) is 5.32 Å². The summed E-state index contributed by atoms with van der Waals surface area (Å²) in [6, 6.07) is -0.973. The molecule has 0 spiro atoms. The Balaban J connectivity index is 1.31. The molecule has 1 amide bonds. The zero-order chi connectivity index (χ0) is 76.0. The lowest BCUT2D eigenvalue weighted by molar-refractivity contribution is -0.379. The third-order valence-electron chi connectivity index (χ3n) is 21.6. The number of carbonyl (C=O) groups excluding carboxylic acids is 1. The molecule has 19 heteroatoms. The molecule has 17 unspecified atom stereocenters. The maximum atomic E-state index is 13.5. The summed E-state index contributed by atoms with van der Waals surface area (Å²) in [5, 5.41) is 121. The Morgan fingerprint density at radius 2 is 0.629 bits per heavy atom. The Labute approximate surface area is 637 Å². The molecular formula is C86H159NO18. The number of allylic oxidation sites excluding steroid dienone is 7. The van der Waals surface area contributed by atoms with E-state index in [4.69, 9.17) is 28.4 Å². The molecule has 3 aliphatic rings. The maximum Gasteiger partial charge on any atom is 0.220 e. The minimum atomic E-state index is -1.98. The fourth-order valence-corrected chi connectivity index (χ4v) is 14.7. The van der Waals surface area contributed by atoms with E-state index in [0.717, 1.165) is 57.8 Å². The summed E-state index contributed by atoms with van der Waals surface area (Å²) in [5.74, 6) is -0.268. The fraction of sp³-hybridized carbons (Fsp3) is 0.895. The number of aliphatic hydroxyl groups is 11. The van der Waals surface area contributed by atoms with Gasteiger partial charge in [0.2, 0.25) is 5.91 Å². The Morgan fingerprint density at radius 3 is 0.981 bits per heavy atom. The van der Waals surface area contributed by atoms with Crippen LogP contribution >= 0.6 is 0 Å². The molecule has 0 bridgehead atoms. The quantitative estimate of drug-likeness (QED) is 0.0199. The number of hydrogen-bond acceptors (Lipinski definition) is 18. The minimum absolute atomic E-state index is 0.247. The first-order valence-electron chi connectivity index (χ1n) is 43.4. The van der Waals surface area contributed by atoms with Gasteiger partial charge in [-0.25, -0.2) is 0 Å². The van der Waals surface area contributed by atoms with Crippen molar-refractivity contribution in [3.63, 3.8) is 0 Å². The van der Waals surface area contributed by atoms with Gasteiger partial charge in [-0.1, -0.05) is 345 Å². The van der Waals surface area contributed by atoms with Crippen molar-refractivity contribution in [3.8, 4) is 0 Å². The first kappa shape index (κ1) is 96.9. The van der Waals surface area contributed by atoms with Gasteiger partial charge in [0.05, 0.1) is 38.6 Å². The van der Waals surface area contributed by atoms with E-state index in [1.54, 1.807) is 6.08 Å². The van der Waals surface area contributed by atoms with Crippen LogP contribution < -0.4 is 5.32 Å². The second-order valence-electron chi connectivity index (χ2n) is 31.0. The summed E-state index contributed by atoms with van der Waals surface area (Å²) in [5.41, 5.74) is 0. The van der Waals surface area contributed by atoms with E-state index in [2.05, 4.69) is 55.6 Å². The standard InChI is InChI=1S/C86H159NO18/c1-3-5-7-9-11-13-15-17-19-21-23-25-26-27-28-29-30-31-32-33-34-35-36-37-38-39-40-41-42-44-46-48-50-52-54-56-58-60-62-64-74(92)87-69(70(91)63-61-59-57-55-53-51-49-47-45-43-24-22-20-18-16-14-12-10-8-6-4-2)68-100-84-80(98)77(95)82(72(66-89)102-84)105-86-81(99)78(96)83(73(67-90)103-86)104-85-79(97)76(94)75(93)71(65-88)101-85/h15,17,21,23,26-27,61,63,69-73,75-86,88-91,93-99H,3-14,16,18-20,22,24-25,28-60,62,64-68H2,1-2H3,(H,87,92)/b17-15-,23-21-,27-26-,63-61+. The van der Waals surface area contributed by atoms with Gasteiger partial charge >= 0.3 is 0 Å². The van der Waals surface area contributed by atoms with E-state index in [1.807, 2.05) is 6.08 Å². The average Bonchev–Trinajstić information content (AvgIpc) is 0.780. The number of rotatable bonds is 70. The van der Waals surface area contributed by atoms with Crippen molar-refractivity contribution in [1.29, 1.82) is 0 Å². The summed E-state index contributed by atoms with van der Waals surface area (Å²) in [7, 11) is 0. The van der Waals surface area contributed by atoms with Crippen molar-refractivity contribution in [2.24, 2.45) is 0 Å². The van der Waals surface area contributed by atoms with Crippen LogP contribution in [0.15, 0.2) is 48.6 Å². The van der Waals surface area contributed by atoms with Crippen LogP contribution in [-0.4, -0.2) is 193 Å². The Kier molecular flexibility index (Phi) is 61.3. The highest BCUT2D eigenvalue weighted by atomic mass is 16.8. The molecule has 0 aromatic heterocycles. The van der Waals surface area contributed by atoms with Gasteiger partial charge < -0.3 is 89.9 Å². The van der Waals surface area contributed by atoms with Gasteiger partial charge in [0.25, 0.3) is 0 Å². The number of unbranched alkanes of at least 4 members (excludes halogenated alkanes) is 48. The smallest absolute Gasteiger partial charge is 0.220 e. The molecular weight excluding hydrogens is 1330 g/mol. The second-order valence-corrected chi connectivity index (χ2v) is 31.0. The third-order valence-corrected chi connectivity index (χ3v) is 21.6. The number of aliphatic hydroxyl groups excluding tert-OH is 11. The molecule has 0 saturated carbocycles. The summed E-state index contributed by atoms with van der Waals surface area (Å²) in [6.45, 7) is 1.78. The molecule has 0 radical (unpaired) electrons. The van der Waals surface area contributed by atoms with Gasteiger partial charge in [0, 0.05) is 6.42 Å². The molecule has 3 fully saturated rings. The van der Waals surface area contributed by atoms with E-state index >= 15 is 0 Å². The van der Waals surface area contributed by atoms with Crippen molar-refractivity contribution >= 4 is 5.91 Å². The van der Waals surface area contributed by atoms with Crippen molar-refractivity contribution < 1.29 is 89.4 Å². The van der Waals surface area contributed by atoms with Gasteiger partial charge in [0.15, 0.2) is 18.9 Å². The van der Waals surface area contributed by atoms with Crippen molar-refractivity contribution in [3.05, 3.63) is 48.6 Å². The van der Waals surface area contributed by atoms with Crippen molar-refractivity contribution in [2.45, 2.75) is 465 Å². The molecule has 3 heterocycles. The highest BCUT2D eigenvalue weighted by Crippen LogP contribution is 2.33. The van der Waals surface area contributed by atoms with Crippen LogP contribution in [0.1, 0.15) is 361 Å². The predicted molar refractivity (Wildman–Crippen MR) is 420 cm³/mol. The van der Waals surface area contributed by atoms with Gasteiger partial charge in [-0.2, -0.15) is 0 Å². The molecule has 17 atom stereocenters. The number of hydrogen-bond donors (Lipinski definition) is 12. The SMILES string of the molecule is CCCCCCC/C=C\C/C=C\C/C=C\CCCCCCCCCCCCCCCCCCCCCCCCCCC(=O)NC(COC1OC(CO)C(OC2OC(CO)C(OC3OC(CO)C(O)C(O)C3O)C(O)C2O)C(O)C1O)C(O)/C=C/CCCCCCCCCCCCCCCCCCCCC. The Bertz CT molecular complexity index is 2080. The number of amides is 1. The molecule has 3 rings (SSSR count). The summed E-state index contributed by atoms with van der Waals surface area (Å²) < 4.78 is 34.5. The van der Waals surface area contributed by atoms with Gasteiger partial charge in [-0.3, -0.25) is 4.79 Å². The van der Waals surface area contributed by atoms with E-state index in [1.165, 1.54) is 276 Å².